The highest BCUT2D eigenvalue weighted by molar-refractivity contribution is 7.10. The molecule has 0 atom stereocenters. The molecule has 88 valence electrons. The zero-order valence-corrected chi connectivity index (χ0v) is 10.2. The van der Waals surface area contributed by atoms with Crippen LogP contribution in [0.15, 0.2) is 36.0 Å². The normalized spacial score (nSPS) is 12.4. The average Bonchev–Trinajstić information content (AvgIpc) is 2.99. The van der Waals surface area contributed by atoms with Gasteiger partial charge in [0.2, 0.25) is 0 Å². The van der Waals surface area contributed by atoms with Gasteiger partial charge in [0.05, 0.1) is 11.3 Å². The largest absolute Gasteiger partial charge is 0.619 e. The molecule has 3 aromatic rings. The van der Waals surface area contributed by atoms with Crippen LogP contribution in [0, 0.1) is 5.21 Å². The topological polar surface area (TPSA) is 55.6 Å². The second-order valence-electron chi connectivity index (χ2n) is 4.31. The van der Waals surface area contributed by atoms with Crippen LogP contribution in [0.4, 0.5) is 0 Å². The molecule has 0 radical (unpaired) electrons. The molecule has 1 aliphatic rings. The number of nitrogens with zero attached hydrogens (tertiary/aromatic N) is 2. The summed E-state index contributed by atoms with van der Waals surface area (Å²) in [6, 6.07) is 5.78. The summed E-state index contributed by atoms with van der Waals surface area (Å²) in [7, 11) is 0. The van der Waals surface area contributed by atoms with Crippen molar-refractivity contribution in [1.82, 2.24) is 10.2 Å². The first-order valence-corrected chi connectivity index (χ1v) is 6.54. The molecule has 18 heavy (non-hydrogen) atoms. The summed E-state index contributed by atoms with van der Waals surface area (Å²) in [5.41, 5.74) is 5.30. The monoisotopic (exact) mass is 255 g/mol. The predicted octanol–water partition coefficient (Wildman–Crippen LogP) is 2.34. The Balaban J connectivity index is 1.90. The van der Waals surface area contributed by atoms with Crippen LogP contribution in [0.5, 0.6) is 0 Å². The summed E-state index contributed by atoms with van der Waals surface area (Å²) in [4.78, 5) is 1.37. The number of aromatic amines is 1. The third-order valence-corrected chi connectivity index (χ3v) is 4.19. The van der Waals surface area contributed by atoms with Crippen molar-refractivity contribution in [2.75, 3.05) is 0 Å². The minimum absolute atomic E-state index is 0.807. The van der Waals surface area contributed by atoms with Gasteiger partial charge in [-0.15, -0.1) is 11.3 Å². The van der Waals surface area contributed by atoms with E-state index in [1.165, 1.54) is 22.2 Å². The van der Waals surface area contributed by atoms with Gasteiger partial charge in [0.25, 0.3) is 0 Å². The third-order valence-electron chi connectivity index (χ3n) is 3.27. The number of hydrogen-bond donors (Lipinski definition) is 1. The van der Waals surface area contributed by atoms with Gasteiger partial charge >= 0.3 is 0 Å². The number of aromatic nitrogens is 3. The quantitative estimate of drug-likeness (QED) is 0.419. The van der Waals surface area contributed by atoms with Crippen molar-refractivity contribution in [3.05, 3.63) is 51.6 Å². The van der Waals surface area contributed by atoms with Gasteiger partial charge in [-0.25, -0.2) is 0 Å². The van der Waals surface area contributed by atoms with Crippen molar-refractivity contribution in [2.45, 2.75) is 6.42 Å². The van der Waals surface area contributed by atoms with E-state index in [1.54, 1.807) is 23.6 Å². The zero-order chi connectivity index (χ0) is 12.1. The van der Waals surface area contributed by atoms with Crippen molar-refractivity contribution in [1.29, 1.82) is 0 Å². The molecule has 0 spiro atoms. The van der Waals surface area contributed by atoms with E-state index in [4.69, 9.17) is 0 Å². The first-order chi connectivity index (χ1) is 8.83. The summed E-state index contributed by atoms with van der Waals surface area (Å²) in [6.07, 6.45) is 3.94. The first kappa shape index (κ1) is 9.85. The van der Waals surface area contributed by atoms with Gasteiger partial charge in [-0.2, -0.15) is 9.83 Å². The molecule has 0 unspecified atom stereocenters. The van der Waals surface area contributed by atoms with E-state index in [0.717, 1.165) is 28.1 Å². The highest BCUT2D eigenvalue weighted by Gasteiger charge is 2.26. The van der Waals surface area contributed by atoms with Crippen molar-refractivity contribution >= 4 is 11.3 Å². The molecule has 0 saturated heterocycles. The van der Waals surface area contributed by atoms with Crippen LogP contribution in [0.2, 0.25) is 0 Å². The standard InChI is InChI=1S/C13H9N3OS/c17-16-4-1-2-8(7-16)12-10-6-11-9(3-5-18-11)13(10)15-14-12/h1-5,7H,6H2,(H,14,15). The van der Waals surface area contributed by atoms with E-state index in [-0.39, 0.29) is 0 Å². The SMILES string of the molecule is [O-][n+]1cccc(-c2n[nH]c3c2Cc2sccc2-3)c1. The molecule has 0 amide bonds. The number of fused-ring (bicyclic) bond motifs is 3. The molecular weight excluding hydrogens is 246 g/mol. The zero-order valence-electron chi connectivity index (χ0n) is 9.38. The smallest absolute Gasteiger partial charge is 0.189 e. The molecule has 0 aromatic carbocycles. The molecule has 1 N–H and O–H groups in total. The second-order valence-corrected chi connectivity index (χ2v) is 5.31. The Morgan fingerprint density at radius 3 is 3.22 bits per heavy atom. The summed E-state index contributed by atoms with van der Waals surface area (Å²) in [5, 5.41) is 20.9. The molecule has 3 aromatic heterocycles. The van der Waals surface area contributed by atoms with E-state index in [2.05, 4.69) is 21.6 Å². The molecule has 0 saturated carbocycles. The molecule has 3 heterocycles. The van der Waals surface area contributed by atoms with E-state index in [9.17, 15) is 5.21 Å². The first-order valence-electron chi connectivity index (χ1n) is 5.66. The number of H-pyrrole nitrogens is 1. The number of rotatable bonds is 1. The Morgan fingerprint density at radius 1 is 1.39 bits per heavy atom. The fraction of sp³-hybridized carbons (Fsp3) is 0.0769. The molecule has 0 bridgehead atoms. The van der Waals surface area contributed by atoms with Gasteiger partial charge in [-0.3, -0.25) is 5.10 Å². The Bertz CT molecular complexity index is 744. The van der Waals surface area contributed by atoms with Crippen LogP contribution >= 0.6 is 11.3 Å². The molecule has 4 nitrogen and oxygen atoms in total. The average molecular weight is 255 g/mol. The maximum absolute atomic E-state index is 11.3. The van der Waals surface area contributed by atoms with Gasteiger partial charge in [-0.05, 0) is 17.5 Å². The lowest BCUT2D eigenvalue weighted by atomic mass is 10.1. The third kappa shape index (κ3) is 1.25. The van der Waals surface area contributed by atoms with E-state index in [0.29, 0.717) is 0 Å². The van der Waals surface area contributed by atoms with Crippen LogP contribution in [0.3, 0.4) is 0 Å². The lowest BCUT2D eigenvalue weighted by Gasteiger charge is -2.00. The minimum atomic E-state index is 0.807. The van der Waals surface area contributed by atoms with Crippen molar-refractivity contribution in [2.24, 2.45) is 0 Å². The summed E-state index contributed by atoms with van der Waals surface area (Å²) >= 11 is 1.77. The predicted molar refractivity (Wildman–Crippen MR) is 69.1 cm³/mol. The minimum Gasteiger partial charge on any atom is -0.619 e. The molecule has 5 heteroatoms. The fourth-order valence-electron chi connectivity index (χ4n) is 2.45. The lowest BCUT2D eigenvalue weighted by Crippen LogP contribution is -2.24. The van der Waals surface area contributed by atoms with Gasteiger partial charge in [-0.1, -0.05) is 0 Å². The van der Waals surface area contributed by atoms with Crippen LogP contribution in [0.25, 0.3) is 22.5 Å². The maximum atomic E-state index is 11.3. The van der Waals surface area contributed by atoms with E-state index < -0.39 is 0 Å². The fourth-order valence-corrected chi connectivity index (χ4v) is 3.35. The summed E-state index contributed by atoms with van der Waals surface area (Å²) < 4.78 is 0.807. The van der Waals surface area contributed by atoms with Crippen LogP contribution in [0.1, 0.15) is 10.4 Å². The van der Waals surface area contributed by atoms with Gasteiger partial charge in [0, 0.05) is 28.5 Å². The number of thiophene rings is 1. The molecule has 0 fully saturated rings. The molecular formula is C13H9N3OS. The maximum Gasteiger partial charge on any atom is 0.189 e. The second kappa shape index (κ2) is 3.43. The number of hydrogen-bond acceptors (Lipinski definition) is 3. The highest BCUT2D eigenvalue weighted by atomic mass is 32.1. The Labute approximate surface area is 107 Å². The van der Waals surface area contributed by atoms with Crippen LogP contribution < -0.4 is 4.73 Å². The Kier molecular flexibility index (Phi) is 1.87. The molecule has 4 rings (SSSR count). The van der Waals surface area contributed by atoms with Gasteiger partial charge in [0.1, 0.15) is 5.69 Å². The number of pyridine rings is 1. The van der Waals surface area contributed by atoms with Gasteiger partial charge < -0.3 is 5.21 Å². The van der Waals surface area contributed by atoms with Crippen LogP contribution in [-0.4, -0.2) is 10.2 Å². The molecule has 0 aliphatic heterocycles. The Morgan fingerprint density at radius 2 is 2.33 bits per heavy atom. The summed E-state index contributed by atoms with van der Waals surface area (Å²) in [5.74, 6) is 0. The van der Waals surface area contributed by atoms with Crippen molar-refractivity contribution in [3.63, 3.8) is 0 Å². The summed E-state index contributed by atoms with van der Waals surface area (Å²) in [6.45, 7) is 0. The van der Waals surface area contributed by atoms with Gasteiger partial charge in [0.15, 0.2) is 12.4 Å². The lowest BCUT2D eigenvalue weighted by molar-refractivity contribution is -0.604. The van der Waals surface area contributed by atoms with Crippen LogP contribution in [-0.2, 0) is 6.42 Å². The highest BCUT2D eigenvalue weighted by Crippen LogP contribution is 2.42. The Hall–Kier alpha value is -2.14. The van der Waals surface area contributed by atoms with Crippen molar-refractivity contribution < 1.29 is 4.73 Å². The van der Waals surface area contributed by atoms with E-state index in [1.807, 2.05) is 6.07 Å². The van der Waals surface area contributed by atoms with Crippen molar-refractivity contribution in [3.8, 4) is 22.5 Å². The van der Waals surface area contributed by atoms with E-state index >= 15 is 0 Å². The number of nitrogens with one attached hydrogen (secondary N) is 1. The molecule has 1 aliphatic carbocycles.